The number of piperidine rings is 1. The van der Waals surface area contributed by atoms with E-state index in [2.05, 4.69) is 12.1 Å². The Labute approximate surface area is 171 Å². The van der Waals surface area contributed by atoms with Gasteiger partial charge in [-0.2, -0.15) is 0 Å². The largest absolute Gasteiger partial charge is 0.466 e. The van der Waals surface area contributed by atoms with Gasteiger partial charge in [0.05, 0.1) is 12.0 Å². The summed E-state index contributed by atoms with van der Waals surface area (Å²) in [6.45, 7) is 5.44. The second-order valence-electron chi connectivity index (χ2n) is 8.37. The van der Waals surface area contributed by atoms with Crippen molar-refractivity contribution in [2.24, 2.45) is 17.3 Å². The summed E-state index contributed by atoms with van der Waals surface area (Å²) in [5.41, 5.74) is 1.07. The van der Waals surface area contributed by atoms with Gasteiger partial charge in [0.2, 0.25) is 5.91 Å². The summed E-state index contributed by atoms with van der Waals surface area (Å²) in [7, 11) is 0. The van der Waals surface area contributed by atoms with Gasteiger partial charge in [-0.05, 0) is 32.1 Å². The Morgan fingerprint density at radius 1 is 1.24 bits per heavy atom. The minimum atomic E-state index is -0.671. The predicted molar refractivity (Wildman–Crippen MR) is 108 cm³/mol. The number of carbonyl (C=O) groups is 2. The van der Waals surface area contributed by atoms with Crippen LogP contribution >= 0.6 is 0 Å². The molecule has 1 aliphatic carbocycles. The fourth-order valence-corrected chi connectivity index (χ4v) is 4.27. The van der Waals surface area contributed by atoms with Crippen LogP contribution in [0.4, 0.5) is 0 Å². The van der Waals surface area contributed by atoms with E-state index in [1.54, 1.807) is 0 Å². The number of benzene rings is 1. The molecular weight excluding hydrogens is 368 g/mol. The molecule has 1 aliphatic heterocycles. The van der Waals surface area contributed by atoms with Gasteiger partial charge >= 0.3 is 5.97 Å². The second kappa shape index (κ2) is 8.01. The van der Waals surface area contributed by atoms with E-state index in [-0.39, 0.29) is 17.8 Å². The van der Waals surface area contributed by atoms with Gasteiger partial charge in [-0.15, -0.1) is 0 Å². The molecule has 2 aromatic rings. The van der Waals surface area contributed by atoms with Crippen molar-refractivity contribution in [3.05, 3.63) is 42.2 Å². The molecular formula is C23H28N2O4. The molecule has 1 aromatic heterocycles. The summed E-state index contributed by atoms with van der Waals surface area (Å²) in [5.74, 6) is 1.37. The molecule has 154 valence electrons. The lowest BCUT2D eigenvalue weighted by Gasteiger charge is -2.39. The van der Waals surface area contributed by atoms with E-state index >= 15 is 0 Å². The van der Waals surface area contributed by atoms with E-state index in [0.717, 1.165) is 17.7 Å². The van der Waals surface area contributed by atoms with Crippen molar-refractivity contribution in [3.8, 4) is 11.3 Å². The summed E-state index contributed by atoms with van der Waals surface area (Å²) in [5, 5.41) is 4.18. The first-order valence-electron chi connectivity index (χ1n) is 10.5. The normalized spacial score (nSPS) is 22.9. The SMILES string of the molecule is CCOC(=O)C1(Cc2cc(-c3ccccc3)no2)CCN(C(=O)[C@@H]2C[C@@H]2C)CC1. The number of hydrogen-bond acceptors (Lipinski definition) is 5. The van der Waals surface area contributed by atoms with Crippen molar-refractivity contribution in [2.45, 2.75) is 39.5 Å². The van der Waals surface area contributed by atoms with Gasteiger partial charge in [0, 0.05) is 37.1 Å². The Morgan fingerprint density at radius 2 is 1.93 bits per heavy atom. The highest BCUT2D eigenvalue weighted by atomic mass is 16.5. The number of ether oxygens (including phenoxy) is 1. The van der Waals surface area contributed by atoms with Crippen LogP contribution in [-0.4, -0.2) is 41.6 Å². The molecule has 0 radical (unpaired) electrons. The van der Waals surface area contributed by atoms with Gasteiger partial charge in [-0.25, -0.2) is 0 Å². The molecule has 0 unspecified atom stereocenters. The molecule has 6 heteroatoms. The molecule has 2 atom stereocenters. The van der Waals surface area contributed by atoms with Gasteiger partial charge in [0.25, 0.3) is 0 Å². The van der Waals surface area contributed by atoms with Crippen LogP contribution in [0, 0.1) is 17.3 Å². The van der Waals surface area contributed by atoms with E-state index in [4.69, 9.17) is 9.26 Å². The summed E-state index contributed by atoms with van der Waals surface area (Å²) in [6, 6.07) is 11.7. The molecule has 0 N–H and O–H groups in total. The molecule has 4 rings (SSSR count). The summed E-state index contributed by atoms with van der Waals surface area (Å²) >= 11 is 0. The quantitative estimate of drug-likeness (QED) is 0.696. The second-order valence-corrected chi connectivity index (χ2v) is 8.37. The molecule has 2 fully saturated rings. The highest BCUT2D eigenvalue weighted by Gasteiger charge is 2.47. The molecule has 2 aliphatic rings. The van der Waals surface area contributed by atoms with Crippen molar-refractivity contribution < 1.29 is 18.8 Å². The number of hydrogen-bond donors (Lipinski definition) is 0. The third kappa shape index (κ3) is 4.07. The Kier molecular flexibility index (Phi) is 5.43. The highest BCUT2D eigenvalue weighted by molar-refractivity contribution is 5.82. The summed E-state index contributed by atoms with van der Waals surface area (Å²) < 4.78 is 11.0. The lowest BCUT2D eigenvalue weighted by atomic mass is 9.74. The van der Waals surface area contributed by atoms with Gasteiger partial charge in [-0.1, -0.05) is 42.4 Å². The number of amides is 1. The van der Waals surface area contributed by atoms with E-state index in [1.807, 2.05) is 48.2 Å². The molecule has 0 spiro atoms. The number of aromatic nitrogens is 1. The van der Waals surface area contributed by atoms with Crippen molar-refractivity contribution in [1.29, 1.82) is 0 Å². The standard InChI is InChI=1S/C23H28N2O4/c1-3-28-22(27)23(9-11-25(12-10-23)21(26)19-13-16(19)2)15-18-14-20(24-29-18)17-7-5-4-6-8-17/h4-8,14,16,19H,3,9-13,15H2,1-2H3/t16-,19+/m0/s1. The molecule has 1 aromatic carbocycles. The van der Waals surface area contributed by atoms with Crippen LogP contribution in [0.2, 0.25) is 0 Å². The lowest BCUT2D eigenvalue weighted by molar-refractivity contribution is -0.160. The Hall–Kier alpha value is -2.63. The third-order valence-electron chi connectivity index (χ3n) is 6.31. The molecule has 0 bridgehead atoms. The number of esters is 1. The zero-order chi connectivity index (χ0) is 20.4. The van der Waals surface area contributed by atoms with Gasteiger partial charge < -0.3 is 14.2 Å². The molecule has 29 heavy (non-hydrogen) atoms. The van der Waals surface area contributed by atoms with Crippen LogP contribution in [0.1, 0.15) is 38.9 Å². The van der Waals surface area contributed by atoms with E-state index in [1.165, 1.54) is 0 Å². The van der Waals surface area contributed by atoms with Crippen LogP contribution in [0.15, 0.2) is 40.9 Å². The zero-order valence-corrected chi connectivity index (χ0v) is 17.1. The van der Waals surface area contributed by atoms with Crippen LogP contribution in [0.3, 0.4) is 0 Å². The topological polar surface area (TPSA) is 72.6 Å². The summed E-state index contributed by atoms with van der Waals surface area (Å²) in [4.78, 5) is 27.4. The van der Waals surface area contributed by atoms with Crippen LogP contribution in [-0.2, 0) is 20.7 Å². The Balaban J connectivity index is 1.49. The average molecular weight is 396 g/mol. The monoisotopic (exact) mass is 396 g/mol. The van der Waals surface area contributed by atoms with Gasteiger partial charge in [0.1, 0.15) is 11.5 Å². The molecule has 1 amide bonds. The first-order chi connectivity index (χ1) is 14.0. The Morgan fingerprint density at radius 3 is 2.55 bits per heavy atom. The third-order valence-corrected chi connectivity index (χ3v) is 6.31. The molecule has 1 saturated carbocycles. The van der Waals surface area contributed by atoms with Crippen molar-refractivity contribution in [3.63, 3.8) is 0 Å². The maximum absolute atomic E-state index is 12.9. The maximum atomic E-state index is 12.9. The van der Waals surface area contributed by atoms with E-state index in [0.29, 0.717) is 50.6 Å². The Bertz CT molecular complexity index is 868. The van der Waals surface area contributed by atoms with Gasteiger partial charge in [0.15, 0.2) is 0 Å². The van der Waals surface area contributed by atoms with Gasteiger partial charge in [-0.3, -0.25) is 9.59 Å². The average Bonchev–Trinajstić information content (AvgIpc) is 3.29. The van der Waals surface area contributed by atoms with Crippen molar-refractivity contribution >= 4 is 11.9 Å². The predicted octanol–water partition coefficient (Wildman–Crippen LogP) is 3.71. The van der Waals surface area contributed by atoms with E-state index < -0.39 is 5.41 Å². The van der Waals surface area contributed by atoms with Crippen LogP contribution < -0.4 is 0 Å². The molecule has 6 nitrogen and oxygen atoms in total. The number of likely N-dealkylation sites (tertiary alicyclic amines) is 1. The van der Waals surface area contributed by atoms with Crippen LogP contribution in [0.25, 0.3) is 11.3 Å². The van der Waals surface area contributed by atoms with E-state index in [9.17, 15) is 9.59 Å². The first-order valence-corrected chi connectivity index (χ1v) is 10.5. The fourth-order valence-electron chi connectivity index (χ4n) is 4.27. The van der Waals surface area contributed by atoms with Crippen LogP contribution in [0.5, 0.6) is 0 Å². The first kappa shape index (κ1) is 19.7. The molecule has 1 saturated heterocycles. The number of carbonyl (C=O) groups excluding carboxylic acids is 2. The highest BCUT2D eigenvalue weighted by Crippen LogP contribution is 2.42. The minimum absolute atomic E-state index is 0.174. The molecule has 2 heterocycles. The lowest BCUT2D eigenvalue weighted by Crippen LogP contribution is -2.48. The van der Waals surface area contributed by atoms with Crippen molar-refractivity contribution in [1.82, 2.24) is 10.1 Å². The minimum Gasteiger partial charge on any atom is -0.466 e. The smallest absolute Gasteiger partial charge is 0.312 e. The zero-order valence-electron chi connectivity index (χ0n) is 17.1. The fraction of sp³-hybridized carbons (Fsp3) is 0.522. The summed E-state index contributed by atoms with van der Waals surface area (Å²) in [6.07, 6.45) is 2.59. The maximum Gasteiger partial charge on any atom is 0.312 e. The number of nitrogens with zero attached hydrogens (tertiary/aromatic N) is 2. The number of rotatable bonds is 6. The van der Waals surface area contributed by atoms with Crippen molar-refractivity contribution in [2.75, 3.05) is 19.7 Å².